The number of hydrogen-bond acceptors (Lipinski definition) is 6. The number of carbonyl (C=O) groups is 3. The van der Waals surface area contributed by atoms with Gasteiger partial charge in [-0.3, -0.25) is 9.59 Å². The number of carbonyl (C=O) groups excluding carboxylic acids is 3. The van der Waals surface area contributed by atoms with Crippen molar-refractivity contribution in [3.05, 3.63) is 45.8 Å². The Bertz CT molecular complexity index is 1010. The van der Waals surface area contributed by atoms with Crippen LogP contribution in [0.3, 0.4) is 0 Å². The third-order valence-corrected chi connectivity index (χ3v) is 6.49. The summed E-state index contributed by atoms with van der Waals surface area (Å²) in [4.78, 5) is 37.2. The molecule has 1 amide bonds. The van der Waals surface area contributed by atoms with Crippen molar-refractivity contribution in [3.63, 3.8) is 0 Å². The van der Waals surface area contributed by atoms with E-state index in [0.717, 1.165) is 17.8 Å². The van der Waals surface area contributed by atoms with Gasteiger partial charge in [-0.25, -0.2) is 4.79 Å². The number of nitrogens with one attached hydrogen (secondary N) is 1. The number of esters is 1. The molecule has 1 N–H and O–H groups in total. The van der Waals surface area contributed by atoms with E-state index >= 15 is 0 Å². The number of hydrogen-bond donors (Lipinski definition) is 1. The molecule has 0 saturated carbocycles. The molecule has 0 aliphatic heterocycles. The Labute approximate surface area is 200 Å². The monoisotopic (exact) mass is 473 g/mol. The number of Topliss-reactive ketones (excluding diaryl/α,β-unsaturated/α-hetero) is 1. The van der Waals surface area contributed by atoms with Gasteiger partial charge in [0.1, 0.15) is 10.8 Å². The Balaban J connectivity index is 2.08. The Hall–Kier alpha value is -2.67. The maximum atomic E-state index is 12.5. The van der Waals surface area contributed by atoms with Crippen molar-refractivity contribution in [3.8, 4) is 5.75 Å². The molecular formula is C26H35NO5S. The summed E-state index contributed by atoms with van der Waals surface area (Å²) in [5.74, 6) is -0.579. The van der Waals surface area contributed by atoms with E-state index in [1.54, 1.807) is 13.8 Å². The van der Waals surface area contributed by atoms with Crippen molar-refractivity contribution in [2.75, 3.05) is 18.5 Å². The summed E-state index contributed by atoms with van der Waals surface area (Å²) in [6, 6.07) is 7.78. The van der Waals surface area contributed by atoms with Gasteiger partial charge in [0.25, 0.3) is 5.91 Å². The number of amides is 1. The molecule has 0 aliphatic rings. The molecule has 7 heteroatoms. The first-order chi connectivity index (χ1) is 15.2. The molecule has 6 nitrogen and oxygen atoms in total. The van der Waals surface area contributed by atoms with Gasteiger partial charge in [0.05, 0.1) is 17.0 Å². The number of ether oxygens (including phenoxy) is 2. The number of anilines is 1. The van der Waals surface area contributed by atoms with Gasteiger partial charge in [0, 0.05) is 0 Å². The summed E-state index contributed by atoms with van der Waals surface area (Å²) >= 11 is 1.07. The van der Waals surface area contributed by atoms with E-state index in [4.69, 9.17) is 9.47 Å². The second-order valence-electron chi connectivity index (χ2n) is 10.0. The second kappa shape index (κ2) is 10.5. The standard InChI is InChI=1S/C26H35NO5S/c1-9-31-24(30)21-16(2)22(17(3)28)33-23(21)27-20(29)14-32-19-12-10-18(11-13-19)26(7,8)15-25(4,5)6/h10-13H,9,14-15H2,1-8H3,(H,27,29). The molecule has 0 atom stereocenters. The molecule has 0 unspecified atom stereocenters. The fourth-order valence-corrected chi connectivity index (χ4v) is 5.23. The summed E-state index contributed by atoms with van der Waals surface area (Å²) in [6.07, 6.45) is 1.04. The summed E-state index contributed by atoms with van der Waals surface area (Å²) in [7, 11) is 0. The van der Waals surface area contributed by atoms with Crippen molar-refractivity contribution in [1.29, 1.82) is 0 Å². The zero-order chi connectivity index (χ0) is 25.0. The molecule has 0 fully saturated rings. The lowest BCUT2D eigenvalue weighted by molar-refractivity contribution is -0.118. The number of rotatable bonds is 9. The van der Waals surface area contributed by atoms with E-state index in [-0.39, 0.29) is 35.4 Å². The number of ketones is 1. The fourth-order valence-electron chi connectivity index (χ4n) is 4.13. The van der Waals surface area contributed by atoms with E-state index in [2.05, 4.69) is 39.9 Å². The highest BCUT2D eigenvalue weighted by Gasteiger charge is 2.27. The first-order valence-corrected chi connectivity index (χ1v) is 11.9. The lowest BCUT2D eigenvalue weighted by Gasteiger charge is -2.33. The smallest absolute Gasteiger partial charge is 0.341 e. The van der Waals surface area contributed by atoms with Crippen molar-refractivity contribution >= 4 is 34.0 Å². The molecule has 0 saturated heterocycles. The topological polar surface area (TPSA) is 81.7 Å². The van der Waals surface area contributed by atoms with E-state index in [1.165, 1.54) is 12.5 Å². The van der Waals surface area contributed by atoms with Crippen LogP contribution in [0.15, 0.2) is 24.3 Å². The van der Waals surface area contributed by atoms with Crippen LogP contribution in [0.25, 0.3) is 0 Å². The van der Waals surface area contributed by atoms with Crippen LogP contribution in [0.2, 0.25) is 0 Å². The van der Waals surface area contributed by atoms with Gasteiger partial charge in [-0.1, -0.05) is 46.8 Å². The number of benzene rings is 1. The predicted molar refractivity (Wildman–Crippen MR) is 133 cm³/mol. The molecule has 1 heterocycles. The largest absolute Gasteiger partial charge is 0.484 e. The zero-order valence-electron chi connectivity index (χ0n) is 20.9. The molecule has 1 aromatic heterocycles. The van der Waals surface area contributed by atoms with Crippen LogP contribution in [0, 0.1) is 12.3 Å². The molecule has 0 spiro atoms. The first kappa shape index (κ1) is 26.6. The first-order valence-electron chi connectivity index (χ1n) is 11.1. The van der Waals surface area contributed by atoms with Crippen molar-refractivity contribution in [2.45, 2.75) is 67.2 Å². The average Bonchev–Trinajstić information content (AvgIpc) is 3.01. The minimum atomic E-state index is -0.566. The summed E-state index contributed by atoms with van der Waals surface area (Å²) in [5.41, 5.74) is 2.16. The molecular weight excluding hydrogens is 438 g/mol. The summed E-state index contributed by atoms with van der Waals surface area (Å²) < 4.78 is 10.7. The van der Waals surface area contributed by atoms with E-state index < -0.39 is 11.9 Å². The fraction of sp³-hybridized carbons (Fsp3) is 0.500. The van der Waals surface area contributed by atoms with E-state index in [1.807, 2.05) is 24.3 Å². The Kier molecular flexibility index (Phi) is 8.46. The zero-order valence-corrected chi connectivity index (χ0v) is 21.7. The average molecular weight is 474 g/mol. The highest BCUT2D eigenvalue weighted by Crippen LogP contribution is 2.37. The van der Waals surface area contributed by atoms with Gasteiger partial charge in [0.15, 0.2) is 12.4 Å². The normalized spacial score (nSPS) is 11.8. The van der Waals surface area contributed by atoms with Gasteiger partial charge in [-0.15, -0.1) is 11.3 Å². The lowest BCUT2D eigenvalue weighted by Crippen LogP contribution is -2.24. The summed E-state index contributed by atoms with van der Waals surface area (Å²) in [6.45, 7) is 15.9. The third kappa shape index (κ3) is 7.16. The lowest BCUT2D eigenvalue weighted by atomic mass is 9.72. The second-order valence-corrected chi connectivity index (χ2v) is 11.0. The van der Waals surface area contributed by atoms with Crippen LogP contribution in [-0.4, -0.2) is 30.9 Å². The van der Waals surface area contributed by atoms with Crippen LogP contribution in [0.1, 0.15) is 86.0 Å². The van der Waals surface area contributed by atoms with Crippen LogP contribution < -0.4 is 10.1 Å². The Morgan fingerprint density at radius 2 is 1.64 bits per heavy atom. The molecule has 0 bridgehead atoms. The maximum absolute atomic E-state index is 12.5. The van der Waals surface area contributed by atoms with Crippen molar-refractivity contribution in [1.82, 2.24) is 0 Å². The predicted octanol–water partition coefficient (Wildman–Crippen LogP) is 6.17. The van der Waals surface area contributed by atoms with Crippen LogP contribution in [-0.2, 0) is 14.9 Å². The molecule has 2 rings (SSSR count). The van der Waals surface area contributed by atoms with Gasteiger partial charge < -0.3 is 14.8 Å². The maximum Gasteiger partial charge on any atom is 0.341 e. The van der Waals surface area contributed by atoms with Crippen LogP contribution in [0.5, 0.6) is 5.75 Å². The van der Waals surface area contributed by atoms with Crippen LogP contribution >= 0.6 is 11.3 Å². The van der Waals surface area contributed by atoms with Crippen molar-refractivity contribution < 1.29 is 23.9 Å². The van der Waals surface area contributed by atoms with E-state index in [0.29, 0.717) is 21.2 Å². The molecule has 1 aromatic carbocycles. The van der Waals surface area contributed by atoms with Gasteiger partial charge in [0.2, 0.25) is 0 Å². The highest BCUT2D eigenvalue weighted by atomic mass is 32.1. The molecule has 180 valence electrons. The minimum Gasteiger partial charge on any atom is -0.484 e. The third-order valence-electron chi connectivity index (χ3n) is 5.18. The molecule has 0 radical (unpaired) electrons. The minimum absolute atomic E-state index is 0.0170. The van der Waals surface area contributed by atoms with Crippen LogP contribution in [0.4, 0.5) is 5.00 Å². The molecule has 33 heavy (non-hydrogen) atoms. The van der Waals surface area contributed by atoms with E-state index in [9.17, 15) is 14.4 Å². The molecule has 0 aliphatic carbocycles. The quantitative estimate of drug-likeness (QED) is 0.348. The highest BCUT2D eigenvalue weighted by molar-refractivity contribution is 7.18. The van der Waals surface area contributed by atoms with Gasteiger partial charge >= 0.3 is 5.97 Å². The van der Waals surface area contributed by atoms with Gasteiger partial charge in [-0.05, 0) is 61.3 Å². The Morgan fingerprint density at radius 3 is 2.15 bits per heavy atom. The molecule has 2 aromatic rings. The summed E-state index contributed by atoms with van der Waals surface area (Å²) in [5, 5.41) is 2.99. The SMILES string of the molecule is CCOC(=O)c1c(NC(=O)COc2ccc(C(C)(C)CC(C)(C)C)cc2)sc(C(C)=O)c1C. The van der Waals surface area contributed by atoms with Gasteiger partial charge in [-0.2, -0.15) is 0 Å². The Morgan fingerprint density at radius 1 is 1.03 bits per heavy atom. The number of thiophene rings is 1. The van der Waals surface area contributed by atoms with Crippen molar-refractivity contribution in [2.24, 2.45) is 5.41 Å².